The zero-order valence-corrected chi connectivity index (χ0v) is 10.7. The average Bonchev–Trinajstić information content (AvgIpc) is 2.83. The lowest BCUT2D eigenvalue weighted by Crippen LogP contribution is -2.35. The third-order valence-electron chi connectivity index (χ3n) is 2.70. The molecule has 1 atom stereocenters. The minimum absolute atomic E-state index is 0.0263. The highest BCUT2D eigenvalue weighted by atomic mass is 32.2. The summed E-state index contributed by atoms with van der Waals surface area (Å²) >= 11 is 1.89. The Bertz CT molecular complexity index is 391. The van der Waals surface area contributed by atoms with Gasteiger partial charge in [0.25, 0.3) is 5.91 Å². The van der Waals surface area contributed by atoms with Crippen LogP contribution in [0.15, 0.2) is 18.5 Å². The van der Waals surface area contributed by atoms with Crippen molar-refractivity contribution >= 4 is 23.4 Å². The summed E-state index contributed by atoms with van der Waals surface area (Å²) in [5.74, 6) is 2.13. The van der Waals surface area contributed by atoms with Crippen molar-refractivity contribution in [2.75, 3.05) is 23.4 Å². The molecule has 17 heavy (non-hydrogen) atoms. The molecule has 1 aromatic heterocycles. The summed E-state index contributed by atoms with van der Waals surface area (Å²) in [6, 6.07) is 2.14. The van der Waals surface area contributed by atoms with E-state index in [2.05, 4.69) is 15.6 Å². The minimum Gasteiger partial charge on any atom is -0.385 e. The highest BCUT2D eigenvalue weighted by Crippen LogP contribution is 2.19. The molecule has 92 valence electrons. The van der Waals surface area contributed by atoms with Crippen LogP contribution >= 0.6 is 11.8 Å². The lowest BCUT2D eigenvalue weighted by Gasteiger charge is -2.13. The van der Waals surface area contributed by atoms with Gasteiger partial charge in [0.1, 0.15) is 0 Å². The van der Waals surface area contributed by atoms with Gasteiger partial charge in [-0.05, 0) is 25.2 Å². The van der Waals surface area contributed by atoms with Crippen LogP contribution in [0.4, 0.5) is 5.69 Å². The van der Waals surface area contributed by atoms with Crippen molar-refractivity contribution < 1.29 is 4.79 Å². The normalized spacial score (nSPS) is 19.0. The molecule has 0 spiro atoms. The summed E-state index contributed by atoms with van der Waals surface area (Å²) in [7, 11) is 0. The Morgan fingerprint density at radius 3 is 3.24 bits per heavy atom. The number of pyridine rings is 1. The second-order valence-electron chi connectivity index (χ2n) is 3.99. The van der Waals surface area contributed by atoms with E-state index in [1.165, 1.54) is 0 Å². The number of nitrogens with zero attached hydrogens (tertiary/aromatic N) is 1. The third-order valence-corrected chi connectivity index (χ3v) is 3.86. The number of nitrogens with one attached hydrogen (secondary N) is 2. The zero-order chi connectivity index (χ0) is 12.1. The van der Waals surface area contributed by atoms with E-state index in [0.717, 1.165) is 30.2 Å². The van der Waals surface area contributed by atoms with E-state index in [-0.39, 0.29) is 5.91 Å². The number of carbonyl (C=O) groups is 1. The quantitative estimate of drug-likeness (QED) is 0.856. The largest absolute Gasteiger partial charge is 0.385 e. The van der Waals surface area contributed by atoms with E-state index in [1.54, 1.807) is 12.4 Å². The number of aromatic nitrogens is 1. The van der Waals surface area contributed by atoms with E-state index in [0.29, 0.717) is 11.6 Å². The molecule has 0 bridgehead atoms. The molecule has 0 aliphatic carbocycles. The smallest absolute Gasteiger partial charge is 0.255 e. The summed E-state index contributed by atoms with van der Waals surface area (Å²) in [6.45, 7) is 2.80. The lowest BCUT2D eigenvalue weighted by molar-refractivity contribution is 0.0941. The molecule has 0 aromatic carbocycles. The molecule has 4 nitrogen and oxygen atoms in total. The van der Waals surface area contributed by atoms with E-state index in [4.69, 9.17) is 0 Å². The van der Waals surface area contributed by atoms with Gasteiger partial charge < -0.3 is 10.6 Å². The zero-order valence-electron chi connectivity index (χ0n) is 9.90. The van der Waals surface area contributed by atoms with Gasteiger partial charge in [0, 0.05) is 30.7 Å². The van der Waals surface area contributed by atoms with Gasteiger partial charge in [0.2, 0.25) is 0 Å². The number of rotatable bonds is 4. The summed E-state index contributed by atoms with van der Waals surface area (Å²) in [6.07, 6.45) is 4.38. The predicted molar refractivity (Wildman–Crippen MR) is 71.6 cm³/mol. The molecule has 5 heteroatoms. The number of thioether (sulfide) groups is 1. The Morgan fingerprint density at radius 2 is 2.53 bits per heavy atom. The van der Waals surface area contributed by atoms with Gasteiger partial charge >= 0.3 is 0 Å². The summed E-state index contributed by atoms with van der Waals surface area (Å²) in [5, 5.41) is 6.23. The first-order valence-corrected chi connectivity index (χ1v) is 7.03. The molecule has 2 N–H and O–H groups in total. The summed E-state index contributed by atoms with van der Waals surface area (Å²) in [4.78, 5) is 16.1. The second kappa shape index (κ2) is 5.91. The Morgan fingerprint density at radius 1 is 1.65 bits per heavy atom. The average molecular weight is 251 g/mol. The molecule has 2 heterocycles. The highest BCUT2D eigenvalue weighted by molar-refractivity contribution is 7.99. The van der Waals surface area contributed by atoms with Gasteiger partial charge in [-0.2, -0.15) is 11.8 Å². The topological polar surface area (TPSA) is 54.0 Å². The molecule has 0 radical (unpaired) electrons. The van der Waals surface area contributed by atoms with Crippen molar-refractivity contribution in [3.63, 3.8) is 0 Å². The maximum Gasteiger partial charge on any atom is 0.255 e. The lowest BCUT2D eigenvalue weighted by atomic mass is 10.2. The van der Waals surface area contributed by atoms with Crippen LogP contribution in [0.5, 0.6) is 0 Å². The molecule has 1 amide bonds. The Labute approximate surface area is 106 Å². The fourth-order valence-electron chi connectivity index (χ4n) is 1.83. The van der Waals surface area contributed by atoms with Crippen molar-refractivity contribution in [2.24, 2.45) is 0 Å². The van der Waals surface area contributed by atoms with Crippen molar-refractivity contribution in [2.45, 2.75) is 19.4 Å². The molecular formula is C12H17N3OS. The van der Waals surface area contributed by atoms with Crippen LogP contribution < -0.4 is 10.6 Å². The molecule has 1 aliphatic rings. The van der Waals surface area contributed by atoms with Crippen molar-refractivity contribution in [3.05, 3.63) is 24.0 Å². The Hall–Kier alpha value is -1.23. The van der Waals surface area contributed by atoms with Crippen molar-refractivity contribution in [1.82, 2.24) is 10.3 Å². The number of amides is 1. The molecule has 0 saturated carbocycles. The maximum atomic E-state index is 12.1. The number of anilines is 1. The first kappa shape index (κ1) is 12.2. The molecular weight excluding hydrogens is 234 g/mol. The fraction of sp³-hybridized carbons (Fsp3) is 0.500. The first-order valence-electron chi connectivity index (χ1n) is 5.87. The van der Waals surface area contributed by atoms with Gasteiger partial charge in [-0.15, -0.1) is 0 Å². The number of carbonyl (C=O) groups excluding carboxylic acids is 1. The fourth-order valence-corrected chi connectivity index (χ4v) is 2.98. The first-order chi connectivity index (χ1) is 8.31. The summed E-state index contributed by atoms with van der Waals surface area (Å²) in [5.41, 5.74) is 1.48. The Balaban J connectivity index is 2.06. The maximum absolute atomic E-state index is 12.1. The molecule has 1 aromatic rings. The molecule has 1 saturated heterocycles. The van der Waals surface area contributed by atoms with E-state index >= 15 is 0 Å². The van der Waals surface area contributed by atoms with Gasteiger partial charge in [0.15, 0.2) is 0 Å². The van der Waals surface area contributed by atoms with E-state index < -0.39 is 0 Å². The third kappa shape index (κ3) is 3.12. The van der Waals surface area contributed by atoms with Crippen LogP contribution in [-0.4, -0.2) is 35.0 Å². The van der Waals surface area contributed by atoms with Crippen LogP contribution in [0, 0.1) is 0 Å². The van der Waals surface area contributed by atoms with Gasteiger partial charge in [-0.25, -0.2) is 0 Å². The molecule has 1 aliphatic heterocycles. The minimum atomic E-state index is -0.0263. The monoisotopic (exact) mass is 251 g/mol. The van der Waals surface area contributed by atoms with Crippen LogP contribution in [0.25, 0.3) is 0 Å². The molecule has 1 fully saturated rings. The van der Waals surface area contributed by atoms with Crippen LogP contribution in [-0.2, 0) is 0 Å². The van der Waals surface area contributed by atoms with Crippen LogP contribution in [0.1, 0.15) is 23.7 Å². The predicted octanol–water partition coefficient (Wildman–Crippen LogP) is 1.75. The molecule has 2 rings (SSSR count). The highest BCUT2D eigenvalue weighted by Gasteiger charge is 2.19. The van der Waals surface area contributed by atoms with Crippen molar-refractivity contribution in [3.8, 4) is 0 Å². The Kier molecular flexibility index (Phi) is 4.25. The van der Waals surface area contributed by atoms with Gasteiger partial charge in [-0.3, -0.25) is 9.78 Å². The van der Waals surface area contributed by atoms with Crippen LogP contribution in [0.2, 0.25) is 0 Å². The van der Waals surface area contributed by atoms with E-state index in [9.17, 15) is 4.79 Å². The van der Waals surface area contributed by atoms with Gasteiger partial charge in [0.05, 0.1) is 11.3 Å². The van der Waals surface area contributed by atoms with Crippen LogP contribution in [0.3, 0.4) is 0 Å². The van der Waals surface area contributed by atoms with Crippen molar-refractivity contribution in [1.29, 1.82) is 0 Å². The van der Waals surface area contributed by atoms with Gasteiger partial charge in [-0.1, -0.05) is 0 Å². The molecule has 1 unspecified atom stereocenters. The standard InChI is InChI=1S/C12H17N3OS/c1-2-14-11-3-5-13-7-10(11)12(16)15-9-4-6-17-8-9/h3,5,7,9H,2,4,6,8H2,1H3,(H,13,14)(H,15,16). The SMILES string of the molecule is CCNc1ccncc1C(=O)NC1CCSC1. The number of hydrogen-bond donors (Lipinski definition) is 2. The summed E-state index contributed by atoms with van der Waals surface area (Å²) < 4.78 is 0. The van der Waals surface area contributed by atoms with E-state index in [1.807, 2.05) is 24.8 Å². The number of hydrogen-bond acceptors (Lipinski definition) is 4. The second-order valence-corrected chi connectivity index (χ2v) is 5.14.